The van der Waals surface area contributed by atoms with Crippen LogP contribution in [0.5, 0.6) is 0 Å². The molecular weight excluding hydrogens is 351 g/mol. The van der Waals surface area contributed by atoms with Crippen molar-refractivity contribution in [3.05, 3.63) is 77.4 Å². The molecule has 1 amide bonds. The molecule has 0 bridgehead atoms. The van der Waals surface area contributed by atoms with Crippen molar-refractivity contribution >= 4 is 22.4 Å². The fraction of sp³-hybridized carbons (Fsp3) is 0.150. The van der Waals surface area contributed by atoms with Gasteiger partial charge in [0.25, 0.3) is 5.91 Å². The molecule has 1 atom stereocenters. The Labute approximate surface area is 154 Å². The molecule has 0 unspecified atom stereocenters. The Morgan fingerprint density at radius 2 is 1.81 bits per heavy atom. The highest BCUT2D eigenvalue weighted by molar-refractivity contribution is 7.84. The molecule has 0 aliphatic heterocycles. The minimum atomic E-state index is -1.12. The number of halogens is 1. The maximum absolute atomic E-state index is 13.6. The summed E-state index contributed by atoms with van der Waals surface area (Å²) in [5.74, 6) is -0.592. The zero-order valence-electron chi connectivity index (χ0n) is 14.7. The van der Waals surface area contributed by atoms with Crippen LogP contribution >= 0.6 is 0 Å². The van der Waals surface area contributed by atoms with Crippen LogP contribution in [0.15, 0.2) is 59.5 Å². The summed E-state index contributed by atoms with van der Waals surface area (Å²) in [6.07, 6.45) is 1.59. The van der Waals surface area contributed by atoms with Crippen molar-refractivity contribution in [2.75, 3.05) is 11.6 Å². The first-order valence-electron chi connectivity index (χ1n) is 8.06. The fourth-order valence-corrected chi connectivity index (χ4v) is 3.52. The van der Waals surface area contributed by atoms with Gasteiger partial charge in [-0.15, -0.1) is 0 Å². The van der Waals surface area contributed by atoms with Crippen LogP contribution in [0.25, 0.3) is 5.69 Å². The number of amides is 1. The van der Waals surface area contributed by atoms with Gasteiger partial charge in [-0.25, -0.2) is 4.39 Å². The van der Waals surface area contributed by atoms with E-state index in [1.54, 1.807) is 48.7 Å². The topological polar surface area (TPSA) is 51.1 Å². The Balaban J connectivity index is 1.93. The maximum Gasteiger partial charge on any atom is 0.257 e. The molecule has 134 valence electrons. The van der Waals surface area contributed by atoms with Crippen LogP contribution in [0.2, 0.25) is 0 Å². The number of nitrogens with zero attached hydrogens (tertiary/aromatic N) is 1. The van der Waals surface area contributed by atoms with E-state index in [2.05, 4.69) is 5.32 Å². The van der Waals surface area contributed by atoms with Gasteiger partial charge in [-0.1, -0.05) is 12.1 Å². The number of carbonyl (C=O) groups is 1. The highest BCUT2D eigenvalue weighted by atomic mass is 32.2. The highest BCUT2D eigenvalue weighted by Crippen LogP contribution is 2.23. The largest absolute Gasteiger partial charge is 0.322 e. The lowest BCUT2D eigenvalue weighted by molar-refractivity contribution is 0.102. The summed E-state index contributed by atoms with van der Waals surface area (Å²) in [7, 11) is -1.12. The van der Waals surface area contributed by atoms with Crippen LogP contribution in [0.1, 0.15) is 21.7 Å². The molecule has 0 radical (unpaired) electrons. The average Bonchev–Trinajstić information content (AvgIpc) is 2.89. The lowest BCUT2D eigenvalue weighted by atomic mass is 10.2. The number of aryl methyl sites for hydroxylation is 1. The third-order valence-electron chi connectivity index (χ3n) is 4.17. The maximum atomic E-state index is 13.6. The molecule has 0 saturated carbocycles. The van der Waals surface area contributed by atoms with Crippen molar-refractivity contribution in [1.82, 2.24) is 4.57 Å². The summed E-state index contributed by atoms with van der Waals surface area (Å²) in [6.45, 7) is 3.69. The van der Waals surface area contributed by atoms with Crippen molar-refractivity contribution in [3.63, 3.8) is 0 Å². The molecule has 0 fully saturated rings. The number of anilines is 1. The molecule has 0 aliphatic carbocycles. The third kappa shape index (κ3) is 3.60. The fourth-order valence-electron chi connectivity index (χ4n) is 2.96. The number of nitrogens with one attached hydrogen (secondary N) is 1. The molecule has 4 nitrogen and oxygen atoms in total. The molecule has 3 rings (SSSR count). The van der Waals surface area contributed by atoms with Crippen LogP contribution in [-0.4, -0.2) is 20.9 Å². The molecular formula is C20H19FN2O2S. The van der Waals surface area contributed by atoms with Gasteiger partial charge in [0, 0.05) is 44.7 Å². The Morgan fingerprint density at radius 3 is 2.50 bits per heavy atom. The summed E-state index contributed by atoms with van der Waals surface area (Å²) in [4.78, 5) is 13.4. The van der Waals surface area contributed by atoms with Crippen molar-refractivity contribution in [2.45, 2.75) is 18.7 Å². The van der Waals surface area contributed by atoms with Gasteiger partial charge >= 0.3 is 0 Å². The Hall–Kier alpha value is -2.73. The van der Waals surface area contributed by atoms with Gasteiger partial charge in [0.05, 0.1) is 5.56 Å². The first-order chi connectivity index (χ1) is 12.4. The van der Waals surface area contributed by atoms with Gasteiger partial charge < -0.3 is 9.88 Å². The minimum Gasteiger partial charge on any atom is -0.322 e. The van der Waals surface area contributed by atoms with Crippen LogP contribution in [0.3, 0.4) is 0 Å². The molecule has 6 heteroatoms. The molecule has 1 heterocycles. The van der Waals surface area contributed by atoms with Gasteiger partial charge in [-0.3, -0.25) is 9.00 Å². The Kier molecular flexibility index (Phi) is 5.04. The second kappa shape index (κ2) is 7.25. The van der Waals surface area contributed by atoms with Gasteiger partial charge in [-0.2, -0.15) is 0 Å². The van der Waals surface area contributed by atoms with Gasteiger partial charge in [0.15, 0.2) is 0 Å². The molecule has 0 saturated heterocycles. The predicted molar refractivity (Wildman–Crippen MR) is 102 cm³/mol. The first kappa shape index (κ1) is 18.1. The van der Waals surface area contributed by atoms with E-state index in [0.717, 1.165) is 11.4 Å². The monoisotopic (exact) mass is 370 g/mol. The summed E-state index contributed by atoms with van der Waals surface area (Å²) >= 11 is 0. The number of aromatic nitrogens is 1. The molecule has 0 aliphatic rings. The molecule has 0 spiro atoms. The summed E-state index contributed by atoms with van der Waals surface area (Å²) in [5.41, 5.74) is 3.32. The van der Waals surface area contributed by atoms with E-state index in [0.29, 0.717) is 21.8 Å². The summed E-state index contributed by atoms with van der Waals surface area (Å²) in [5, 5.41) is 2.84. The Bertz CT molecular complexity index is 1010. The van der Waals surface area contributed by atoms with E-state index >= 15 is 0 Å². The lowest BCUT2D eigenvalue weighted by Crippen LogP contribution is -2.13. The van der Waals surface area contributed by atoms with E-state index in [4.69, 9.17) is 0 Å². The van der Waals surface area contributed by atoms with E-state index in [-0.39, 0.29) is 11.7 Å². The standard InChI is InChI=1S/C20H19FN2O2S/c1-13-10-19(14(2)23(13)17-8-4-6-15(21)11-17)20(24)22-16-7-5-9-18(12-16)26(3)25/h4-12H,1-3H3,(H,22,24)/t26-/m1/s1. The molecule has 26 heavy (non-hydrogen) atoms. The number of carbonyl (C=O) groups excluding carboxylic acids is 1. The van der Waals surface area contributed by atoms with Gasteiger partial charge in [0.2, 0.25) is 0 Å². The second-order valence-corrected chi connectivity index (χ2v) is 7.42. The number of benzene rings is 2. The lowest BCUT2D eigenvalue weighted by Gasteiger charge is -2.10. The molecule has 1 N–H and O–H groups in total. The number of hydrogen-bond acceptors (Lipinski definition) is 2. The quantitative estimate of drug-likeness (QED) is 0.747. The first-order valence-corrected chi connectivity index (χ1v) is 9.62. The predicted octanol–water partition coefficient (Wildman–Crippen LogP) is 4.22. The van der Waals surface area contributed by atoms with E-state index < -0.39 is 10.8 Å². The van der Waals surface area contributed by atoms with E-state index in [9.17, 15) is 13.4 Å². The van der Waals surface area contributed by atoms with Crippen LogP contribution in [-0.2, 0) is 10.8 Å². The normalized spacial score (nSPS) is 12.0. The smallest absolute Gasteiger partial charge is 0.257 e. The molecule has 2 aromatic carbocycles. The van der Waals surface area contributed by atoms with Crippen molar-refractivity contribution in [3.8, 4) is 5.69 Å². The third-order valence-corrected chi connectivity index (χ3v) is 5.08. The SMILES string of the molecule is Cc1cc(C(=O)Nc2cccc([S@@](C)=O)c2)c(C)n1-c1cccc(F)c1. The molecule has 1 aromatic heterocycles. The van der Waals surface area contributed by atoms with Gasteiger partial charge in [-0.05, 0) is 56.3 Å². The number of hydrogen-bond donors (Lipinski definition) is 1. The summed E-state index contributed by atoms with van der Waals surface area (Å²) in [6, 6.07) is 15.0. The molecule has 3 aromatic rings. The average molecular weight is 370 g/mol. The van der Waals surface area contributed by atoms with E-state index in [1.807, 2.05) is 18.4 Å². The Morgan fingerprint density at radius 1 is 1.08 bits per heavy atom. The minimum absolute atomic E-state index is 0.264. The van der Waals surface area contributed by atoms with Crippen molar-refractivity contribution < 1.29 is 13.4 Å². The van der Waals surface area contributed by atoms with E-state index in [1.165, 1.54) is 12.1 Å². The van der Waals surface area contributed by atoms with Crippen LogP contribution in [0, 0.1) is 19.7 Å². The summed E-state index contributed by atoms with van der Waals surface area (Å²) < 4.78 is 27.0. The van der Waals surface area contributed by atoms with Gasteiger partial charge in [0.1, 0.15) is 5.82 Å². The zero-order chi connectivity index (χ0) is 18.8. The van der Waals surface area contributed by atoms with Crippen molar-refractivity contribution in [2.24, 2.45) is 0 Å². The van der Waals surface area contributed by atoms with Crippen molar-refractivity contribution in [1.29, 1.82) is 0 Å². The van der Waals surface area contributed by atoms with Crippen LogP contribution < -0.4 is 5.32 Å². The van der Waals surface area contributed by atoms with Crippen LogP contribution in [0.4, 0.5) is 10.1 Å². The zero-order valence-corrected chi connectivity index (χ0v) is 15.6. The second-order valence-electron chi connectivity index (χ2n) is 6.04. The highest BCUT2D eigenvalue weighted by Gasteiger charge is 2.17. The number of rotatable bonds is 4.